The summed E-state index contributed by atoms with van der Waals surface area (Å²) in [5, 5.41) is 12.0. The molecule has 0 aromatic carbocycles. The number of fused-ring (bicyclic) bond motifs is 2. The maximum absolute atomic E-state index is 12.3. The minimum absolute atomic E-state index is 0.281. The van der Waals surface area contributed by atoms with Crippen LogP contribution in [0.25, 0.3) is 0 Å². The normalized spacial score (nSPS) is 27.6. The number of amides is 2. The van der Waals surface area contributed by atoms with Crippen LogP contribution in [0.4, 0.5) is 4.79 Å². The summed E-state index contributed by atoms with van der Waals surface area (Å²) >= 11 is 0. The van der Waals surface area contributed by atoms with Crippen molar-refractivity contribution in [3.63, 3.8) is 0 Å². The number of hydrogen-bond donors (Lipinski definition) is 2. The quantitative estimate of drug-likeness (QED) is 0.667. The van der Waals surface area contributed by atoms with Crippen molar-refractivity contribution in [3.05, 3.63) is 11.8 Å². The molecular formula is C12H17N5O6S. The molecule has 11 nitrogen and oxygen atoms in total. The lowest BCUT2D eigenvalue weighted by Gasteiger charge is -2.27. The second kappa shape index (κ2) is 5.65. The number of nitrogens with one attached hydrogen (secondary N) is 1. The predicted molar refractivity (Wildman–Crippen MR) is 76.7 cm³/mol. The van der Waals surface area contributed by atoms with E-state index in [0.717, 1.165) is 13.1 Å². The molecule has 4 rings (SSSR count). The van der Waals surface area contributed by atoms with E-state index in [0.29, 0.717) is 42.0 Å². The minimum Gasteiger partial charge on any atom is -0.423 e. The van der Waals surface area contributed by atoms with Crippen molar-refractivity contribution in [2.75, 3.05) is 19.6 Å². The summed E-state index contributed by atoms with van der Waals surface area (Å²) in [4.78, 5) is 13.8. The van der Waals surface area contributed by atoms with Crippen molar-refractivity contribution in [3.8, 4) is 0 Å². The first-order valence-corrected chi connectivity index (χ1v) is 9.07. The van der Waals surface area contributed by atoms with Gasteiger partial charge in [0.1, 0.15) is 6.04 Å². The average molecular weight is 359 g/mol. The Morgan fingerprint density at radius 3 is 2.79 bits per heavy atom. The number of aromatic nitrogens is 2. The average Bonchev–Trinajstić information content (AvgIpc) is 3.02. The van der Waals surface area contributed by atoms with Crippen LogP contribution in [-0.4, -0.2) is 64.8 Å². The third-order valence-electron chi connectivity index (χ3n) is 4.59. The number of carbonyl (C=O) groups is 1. The second-order valence-corrected chi connectivity index (χ2v) is 7.28. The first-order valence-electron chi connectivity index (χ1n) is 7.70. The monoisotopic (exact) mass is 359 g/mol. The fourth-order valence-corrected chi connectivity index (χ4v) is 3.70. The largest absolute Gasteiger partial charge is 0.423 e. The zero-order valence-electron chi connectivity index (χ0n) is 12.7. The highest BCUT2D eigenvalue weighted by molar-refractivity contribution is 7.80. The molecule has 0 unspecified atom stereocenters. The van der Waals surface area contributed by atoms with Gasteiger partial charge in [-0.2, -0.15) is 13.5 Å². The summed E-state index contributed by atoms with van der Waals surface area (Å²) in [6.07, 6.45) is 1.75. The van der Waals surface area contributed by atoms with Crippen molar-refractivity contribution >= 4 is 16.4 Å². The van der Waals surface area contributed by atoms with Gasteiger partial charge in [-0.05, 0) is 31.8 Å². The van der Waals surface area contributed by atoms with E-state index in [9.17, 15) is 13.2 Å². The van der Waals surface area contributed by atoms with E-state index in [1.54, 1.807) is 0 Å². The Balaban J connectivity index is 1.48. The molecular weight excluding hydrogens is 342 g/mol. The van der Waals surface area contributed by atoms with Crippen molar-refractivity contribution in [1.82, 2.24) is 25.5 Å². The second-order valence-electron chi connectivity index (χ2n) is 6.27. The predicted octanol–water partition coefficient (Wildman–Crippen LogP) is -0.493. The number of hydroxylamine groups is 2. The van der Waals surface area contributed by atoms with E-state index in [1.807, 2.05) is 0 Å². The molecule has 2 N–H and O–H groups in total. The van der Waals surface area contributed by atoms with Gasteiger partial charge in [0.05, 0.1) is 6.04 Å². The van der Waals surface area contributed by atoms with Gasteiger partial charge in [-0.25, -0.2) is 4.79 Å². The van der Waals surface area contributed by atoms with Crippen molar-refractivity contribution in [1.29, 1.82) is 0 Å². The van der Waals surface area contributed by atoms with Gasteiger partial charge in [-0.15, -0.1) is 14.5 Å². The highest BCUT2D eigenvalue weighted by atomic mass is 32.3. The van der Waals surface area contributed by atoms with Crippen LogP contribution < -0.4 is 5.32 Å². The van der Waals surface area contributed by atoms with E-state index in [4.69, 9.17) is 8.97 Å². The van der Waals surface area contributed by atoms with Crippen LogP contribution in [0, 0.1) is 5.92 Å². The smallest absolute Gasteiger partial charge is 0.418 e. The number of hydrogen-bond acceptors (Lipinski definition) is 8. The Kier molecular flexibility index (Phi) is 3.71. The molecule has 3 aliphatic heterocycles. The fraction of sp³-hybridized carbons (Fsp3) is 0.750. The van der Waals surface area contributed by atoms with Gasteiger partial charge in [-0.3, -0.25) is 4.55 Å². The third kappa shape index (κ3) is 2.85. The van der Waals surface area contributed by atoms with Crippen LogP contribution in [0.5, 0.6) is 0 Å². The lowest BCUT2D eigenvalue weighted by Crippen LogP contribution is -2.43. The van der Waals surface area contributed by atoms with Crippen LogP contribution in [0.1, 0.15) is 30.7 Å². The first-order chi connectivity index (χ1) is 11.4. The van der Waals surface area contributed by atoms with Crippen LogP contribution in [0.15, 0.2) is 4.42 Å². The Hall–Kier alpha value is -1.76. The highest BCUT2D eigenvalue weighted by Crippen LogP contribution is 2.38. The molecule has 4 heterocycles. The number of rotatable bonds is 5. The van der Waals surface area contributed by atoms with Gasteiger partial charge in [0.25, 0.3) is 0 Å². The maximum atomic E-state index is 12.3. The minimum atomic E-state index is -4.75. The first kappa shape index (κ1) is 15.7. The molecule has 0 spiro atoms. The summed E-state index contributed by atoms with van der Waals surface area (Å²) in [5.74, 6) is 1.37. The van der Waals surface area contributed by atoms with Crippen LogP contribution in [0.3, 0.4) is 0 Å². The summed E-state index contributed by atoms with van der Waals surface area (Å²) in [6, 6.07) is -1.48. The molecule has 1 aromatic heterocycles. The Labute approximate surface area is 137 Å². The van der Waals surface area contributed by atoms with Gasteiger partial charge in [0.15, 0.2) is 0 Å². The van der Waals surface area contributed by atoms with E-state index < -0.39 is 28.5 Å². The molecule has 0 aliphatic carbocycles. The summed E-state index contributed by atoms with van der Waals surface area (Å²) in [6.45, 7) is 2.13. The lowest BCUT2D eigenvalue weighted by atomic mass is 10.00. The fourth-order valence-electron chi connectivity index (χ4n) is 3.31. The molecule has 2 atom stereocenters. The van der Waals surface area contributed by atoms with Gasteiger partial charge < -0.3 is 14.6 Å². The molecule has 132 valence electrons. The maximum Gasteiger partial charge on any atom is 0.418 e. The van der Waals surface area contributed by atoms with E-state index in [-0.39, 0.29) is 6.54 Å². The van der Waals surface area contributed by atoms with Gasteiger partial charge in [0.2, 0.25) is 11.8 Å². The lowest BCUT2D eigenvalue weighted by molar-refractivity contribution is -0.0317. The molecule has 0 radical (unpaired) electrons. The topological polar surface area (TPSA) is 138 Å². The van der Waals surface area contributed by atoms with Crippen LogP contribution in [0.2, 0.25) is 0 Å². The molecule has 0 saturated carbocycles. The molecule has 12 heteroatoms. The number of carbonyl (C=O) groups excluding carboxylic acids is 1. The van der Waals surface area contributed by atoms with Crippen molar-refractivity contribution in [2.24, 2.45) is 5.92 Å². The van der Waals surface area contributed by atoms with E-state index >= 15 is 0 Å². The molecule has 2 amide bonds. The standard InChI is InChI=1S/C12H17N5O6S/c18-12-16-6-8(17(12)23-24(19,20)21)1-2-9(16)11-15-14-10(22-11)3-7-4-13-5-7/h7-9,13H,1-6H2,(H,19,20,21)/t8-,9+/m1/s1. The van der Waals surface area contributed by atoms with Crippen molar-refractivity contribution in [2.45, 2.75) is 31.3 Å². The highest BCUT2D eigenvalue weighted by Gasteiger charge is 2.49. The molecule has 3 fully saturated rings. The number of urea groups is 1. The number of nitrogens with zero attached hydrogens (tertiary/aromatic N) is 4. The SMILES string of the molecule is O=C1N2C[C@@H](CC[C@H]2c2nnc(CC3CNC3)o2)N1OS(=O)(=O)O. The zero-order chi connectivity index (χ0) is 16.9. The molecule has 3 aliphatic rings. The zero-order valence-corrected chi connectivity index (χ0v) is 13.5. The Morgan fingerprint density at radius 1 is 1.33 bits per heavy atom. The molecule has 2 bridgehead atoms. The van der Waals surface area contributed by atoms with Gasteiger partial charge >= 0.3 is 16.4 Å². The summed E-state index contributed by atoms with van der Waals surface area (Å²) in [7, 11) is -4.75. The molecule has 3 saturated heterocycles. The van der Waals surface area contributed by atoms with Gasteiger partial charge in [0, 0.05) is 13.0 Å². The van der Waals surface area contributed by atoms with Crippen molar-refractivity contribution < 1.29 is 26.5 Å². The Bertz CT molecular complexity index is 747. The summed E-state index contributed by atoms with van der Waals surface area (Å²) < 4.78 is 40.7. The third-order valence-corrected chi connectivity index (χ3v) is 4.94. The Morgan fingerprint density at radius 2 is 2.12 bits per heavy atom. The van der Waals surface area contributed by atoms with Crippen LogP contribution in [-0.2, 0) is 21.1 Å². The van der Waals surface area contributed by atoms with E-state index in [2.05, 4.69) is 19.8 Å². The van der Waals surface area contributed by atoms with E-state index in [1.165, 1.54) is 4.90 Å². The summed E-state index contributed by atoms with van der Waals surface area (Å²) in [5.41, 5.74) is 0. The molecule has 24 heavy (non-hydrogen) atoms. The molecule has 1 aromatic rings. The number of piperidine rings is 1. The van der Waals surface area contributed by atoms with Crippen LogP contribution >= 0.6 is 0 Å². The van der Waals surface area contributed by atoms with Gasteiger partial charge in [-0.1, -0.05) is 0 Å².